The highest BCUT2D eigenvalue weighted by atomic mass is 35.5. The van der Waals surface area contributed by atoms with Crippen molar-refractivity contribution in [3.63, 3.8) is 0 Å². The number of nitrogens with zero attached hydrogens (tertiary/aromatic N) is 5. The van der Waals surface area contributed by atoms with Crippen molar-refractivity contribution in [3.05, 3.63) is 395 Å². The fourth-order valence-electron chi connectivity index (χ4n) is 10.9. The predicted octanol–water partition coefficient (Wildman–Crippen LogP) is 32.0. The number of rotatable bonds is 25. The van der Waals surface area contributed by atoms with Crippen molar-refractivity contribution in [2.24, 2.45) is 0 Å². The highest BCUT2D eigenvalue weighted by Gasteiger charge is 2.32. The summed E-state index contributed by atoms with van der Waals surface area (Å²) in [6.45, 7) is 6.93. The van der Waals surface area contributed by atoms with Crippen LogP contribution in [0.25, 0.3) is 0 Å². The van der Waals surface area contributed by atoms with E-state index in [0.29, 0.717) is 111 Å². The number of Topliss-reactive ketones (excluding diaryl/α,β-unsaturated/α-hetero) is 2. The lowest BCUT2D eigenvalue weighted by Crippen LogP contribution is -2.12. The molecule has 0 aliphatic carbocycles. The van der Waals surface area contributed by atoms with E-state index in [1.165, 1.54) is 109 Å². The highest BCUT2D eigenvalue weighted by molar-refractivity contribution is 8.01. The van der Waals surface area contributed by atoms with Gasteiger partial charge in [-0.3, -0.25) is 65.0 Å². The Morgan fingerprint density at radius 1 is 0.323 bits per heavy atom. The van der Waals surface area contributed by atoms with E-state index in [1.54, 1.807) is 165 Å². The van der Waals surface area contributed by atoms with Crippen LogP contribution >= 0.6 is 187 Å². The van der Waals surface area contributed by atoms with E-state index in [4.69, 9.17) is 104 Å². The zero-order chi connectivity index (χ0) is 90.1. The monoisotopic (exact) mass is 1970 g/mol. The van der Waals surface area contributed by atoms with Gasteiger partial charge >= 0.3 is 6.18 Å². The molecule has 18 nitrogen and oxygen atoms in total. The van der Waals surface area contributed by atoms with Crippen LogP contribution in [-0.4, -0.2) is 42.0 Å². The Labute approximate surface area is 780 Å². The largest absolute Gasteiger partial charge is 0.416 e. The fraction of sp³-hybridized carbons (Fsp3) is 0.0690. The number of alkyl halides is 3. The second-order valence-electron chi connectivity index (χ2n) is 25.9. The third-order valence-electron chi connectivity index (χ3n) is 17.2. The Hall–Kier alpha value is -9.28. The number of nitro groups is 5. The second-order valence-corrected chi connectivity index (χ2v) is 37.4. The van der Waals surface area contributed by atoms with Crippen molar-refractivity contribution in [1.29, 1.82) is 0 Å². The van der Waals surface area contributed by atoms with Crippen LogP contribution in [0.5, 0.6) is 0 Å². The molecule has 0 radical (unpaired) electrons. The molecule has 0 unspecified atom stereocenters. The molecule has 13 aromatic rings. The third kappa shape index (κ3) is 26.9. The number of carbonyl (C=O) groups excluding carboxylic acids is 3. The number of ketones is 3. The molecule has 0 aliphatic rings. The molecule has 124 heavy (non-hydrogen) atoms. The van der Waals surface area contributed by atoms with Gasteiger partial charge in [-0.2, -0.15) is 13.2 Å². The maximum atomic E-state index is 13.4. The molecule has 0 fully saturated rings. The van der Waals surface area contributed by atoms with E-state index in [0.717, 1.165) is 78.1 Å². The van der Waals surface area contributed by atoms with Crippen molar-refractivity contribution in [3.8, 4) is 0 Å². The van der Waals surface area contributed by atoms with E-state index in [1.807, 2.05) is 38.1 Å². The number of carbonyl (C=O) groups is 3. The van der Waals surface area contributed by atoms with Crippen molar-refractivity contribution < 1.29 is 52.2 Å². The van der Waals surface area contributed by atoms with Crippen molar-refractivity contribution in [1.82, 2.24) is 0 Å². The van der Waals surface area contributed by atoms with Crippen LogP contribution in [0.3, 0.4) is 0 Å². The van der Waals surface area contributed by atoms with E-state index in [9.17, 15) is 78.1 Å². The lowest BCUT2D eigenvalue weighted by atomic mass is 9.93. The highest BCUT2D eigenvalue weighted by Crippen LogP contribution is 2.47. The normalized spacial score (nSPS) is 10.9. The number of nitro benzene ring substituents is 5. The first-order valence-corrected chi connectivity index (χ1v) is 44.5. The summed E-state index contributed by atoms with van der Waals surface area (Å²) in [5, 5.41) is 61.3. The van der Waals surface area contributed by atoms with Crippen LogP contribution in [0.15, 0.2) is 317 Å². The molecule has 37 heteroatoms. The van der Waals surface area contributed by atoms with Gasteiger partial charge in [0.2, 0.25) is 0 Å². The Balaban J connectivity index is 0.000000174. The number of halogens is 12. The van der Waals surface area contributed by atoms with Crippen molar-refractivity contribution in [2.45, 2.75) is 109 Å². The van der Waals surface area contributed by atoms with Gasteiger partial charge in [0.15, 0.2) is 17.3 Å². The van der Waals surface area contributed by atoms with E-state index in [-0.39, 0.29) is 68.0 Å². The Kier molecular flexibility index (Phi) is 34.6. The Bertz CT molecular complexity index is 6390. The maximum Gasteiger partial charge on any atom is 0.416 e. The zero-order valence-corrected chi connectivity index (χ0v) is 76.3. The molecule has 0 atom stereocenters. The lowest BCUT2D eigenvalue weighted by Gasteiger charge is -2.12. The predicted molar refractivity (Wildman–Crippen MR) is 492 cm³/mol. The van der Waals surface area contributed by atoms with E-state index >= 15 is 0 Å². The first-order valence-electron chi connectivity index (χ1n) is 35.4. The number of hydrogen-bond donors (Lipinski definition) is 0. The van der Waals surface area contributed by atoms with Crippen molar-refractivity contribution >= 4 is 233 Å². The van der Waals surface area contributed by atoms with Crippen molar-refractivity contribution in [2.75, 3.05) is 0 Å². The van der Waals surface area contributed by atoms with Gasteiger partial charge in [0.1, 0.15) is 0 Å². The van der Waals surface area contributed by atoms with Gasteiger partial charge in [0, 0.05) is 119 Å². The Morgan fingerprint density at radius 2 is 0.669 bits per heavy atom. The molecular weight excluding hydrogens is 1920 g/mol. The molecule has 0 saturated carbocycles. The van der Waals surface area contributed by atoms with Crippen LogP contribution in [0.1, 0.15) is 71.4 Å². The minimum absolute atomic E-state index is 0.00914. The minimum Gasteiger partial charge on any atom is -0.295 e. The van der Waals surface area contributed by atoms with Gasteiger partial charge < -0.3 is 0 Å². The van der Waals surface area contributed by atoms with Gasteiger partial charge in [0.05, 0.1) is 89.9 Å². The molecule has 0 N–H and O–H groups in total. The first kappa shape index (κ1) is 96.9. The Morgan fingerprint density at radius 3 is 1.06 bits per heavy atom. The number of benzene rings is 13. The average Bonchev–Trinajstić information content (AvgIpc) is 0.831. The summed E-state index contributed by atoms with van der Waals surface area (Å²) in [4.78, 5) is 102. The quantitative estimate of drug-likeness (QED) is 0.0292. The third-order valence-corrected chi connectivity index (χ3v) is 28.0. The summed E-state index contributed by atoms with van der Waals surface area (Å²) < 4.78 is 39.0. The molecule has 632 valence electrons. The standard InChI is InChI=1S/C29H19Cl2NO5S.C20H12Cl2F3NO2S2.C19H12Cl3NO2S2.C19H12Cl2N2O4S2/c1-17(33)19-6-4-5-18(13-19)14-27(34)22-7-2-3-8-23(22)29(35)20-9-12-28(26(15-20)32(36)37)38-21-10-11-24(30)25(31)16-21;1-11-2-3-12(20(23,24)25)8-19(11)30-14-5-7-18(17(10-14)26(27)28)29-13-4-6-15(21)16(22)9-13;1-11-2-3-12(20)8-19(11)27-14-5-7-18(17(10-14)23(24)25)26-13-4-6-15(21)16(22)9-13;1-11-2-3-12(22(24)25)8-19(11)29-14-5-7-18(17(10-14)23(26)27)28-13-4-6-15(20)16(21)9-13/h2-13,15-16H,14H2,1H3;2-10H,1H3;2-10H,1H3;2-10H,1H3. The molecule has 13 aromatic carbocycles. The molecular formula is C87H55Cl9F3N5O13S7. The van der Waals surface area contributed by atoms with E-state index in [2.05, 4.69) is 0 Å². The SMILES string of the molecule is CC(=O)c1cccc(CC(=O)c2ccccc2C(=O)c2ccc(Sc3ccc(Cl)c(Cl)c3)c([N+](=O)[O-])c2)c1.Cc1ccc(C(F)(F)F)cc1Sc1ccc(Sc2ccc(Cl)c(Cl)c2)c([N+](=O)[O-])c1.Cc1ccc(Cl)cc1Sc1ccc(Sc2ccc(Cl)c(Cl)c2)c([N+](=O)[O-])c1.Cc1ccc([N+](=O)[O-])cc1Sc1ccc(Sc2ccc(Cl)c(Cl)c2)c([N+](=O)[O-])c1. The molecule has 0 aromatic heterocycles. The number of non-ortho nitro benzene ring substituents is 1. The molecule has 13 rings (SSSR count). The summed E-state index contributed by atoms with van der Waals surface area (Å²) in [5.74, 6) is -0.936. The van der Waals surface area contributed by atoms with Gasteiger partial charge in [-0.15, -0.1) is 0 Å². The number of aryl methyl sites for hydroxylation is 3. The summed E-state index contributed by atoms with van der Waals surface area (Å²) in [6, 6.07) is 65.4. The van der Waals surface area contributed by atoms with Gasteiger partial charge in [-0.25, -0.2) is 0 Å². The molecule has 0 heterocycles. The zero-order valence-electron chi connectivity index (χ0n) is 63.8. The van der Waals surface area contributed by atoms with E-state index < -0.39 is 37.2 Å². The van der Waals surface area contributed by atoms with Gasteiger partial charge in [0.25, 0.3) is 28.4 Å². The minimum atomic E-state index is -4.46. The first-order chi connectivity index (χ1) is 58.7. The van der Waals surface area contributed by atoms with Crippen LogP contribution in [-0.2, 0) is 12.6 Å². The number of hydrogen-bond acceptors (Lipinski definition) is 20. The van der Waals surface area contributed by atoms with Gasteiger partial charge in [-0.1, -0.05) is 247 Å². The molecule has 0 spiro atoms. The van der Waals surface area contributed by atoms with Gasteiger partial charge in [-0.05, 0) is 202 Å². The van der Waals surface area contributed by atoms with Crippen LogP contribution in [0.2, 0.25) is 45.2 Å². The van der Waals surface area contributed by atoms with Crippen LogP contribution < -0.4 is 0 Å². The fourth-order valence-corrected chi connectivity index (χ4v) is 19.3. The summed E-state index contributed by atoms with van der Waals surface area (Å²) in [5.41, 5.74) is 2.87. The maximum absolute atomic E-state index is 13.4. The molecule has 0 amide bonds. The topological polar surface area (TPSA) is 267 Å². The average molecular weight is 1980 g/mol. The van der Waals surface area contributed by atoms with Crippen LogP contribution in [0.4, 0.5) is 41.6 Å². The molecule has 0 aliphatic heterocycles. The molecule has 0 bridgehead atoms. The summed E-state index contributed by atoms with van der Waals surface area (Å²) in [7, 11) is 0. The molecule has 0 saturated heterocycles. The lowest BCUT2D eigenvalue weighted by molar-refractivity contribution is -0.388. The summed E-state index contributed by atoms with van der Waals surface area (Å²) >= 11 is 62.3. The summed E-state index contributed by atoms with van der Waals surface area (Å²) in [6.07, 6.45) is -4.47. The van der Waals surface area contributed by atoms with Crippen LogP contribution in [0, 0.1) is 71.3 Å². The smallest absolute Gasteiger partial charge is 0.295 e. The second kappa shape index (κ2) is 44.2.